The monoisotopic (exact) mass is 382 g/mol. The van der Waals surface area contributed by atoms with Gasteiger partial charge in [-0.05, 0) is 37.9 Å². The number of piperidine rings is 1. The third kappa shape index (κ3) is 4.56. The van der Waals surface area contributed by atoms with E-state index in [1.807, 2.05) is 35.2 Å². The summed E-state index contributed by atoms with van der Waals surface area (Å²) in [6, 6.07) is 5.97. The molecule has 4 rings (SSSR count). The largest absolute Gasteiger partial charge is 0.387 e. The molecule has 4 heterocycles. The van der Waals surface area contributed by atoms with E-state index in [0.717, 1.165) is 51.1 Å². The fourth-order valence-corrected chi connectivity index (χ4v) is 3.89. The normalized spacial score (nSPS) is 22.1. The summed E-state index contributed by atoms with van der Waals surface area (Å²) < 4.78 is 2.00. The fourth-order valence-electron chi connectivity index (χ4n) is 3.89. The number of carbonyl (C=O) groups excluding carboxylic acids is 1. The molecule has 1 saturated heterocycles. The number of pyridine rings is 1. The van der Waals surface area contributed by atoms with Crippen LogP contribution in [0, 0.1) is 0 Å². The molecule has 8 heteroatoms. The van der Waals surface area contributed by atoms with Gasteiger partial charge in [-0.15, -0.1) is 0 Å². The highest BCUT2D eigenvalue weighted by atomic mass is 16.7. The molecule has 0 aromatic carbocycles. The Morgan fingerprint density at radius 1 is 1.32 bits per heavy atom. The van der Waals surface area contributed by atoms with Crippen LogP contribution in [0.25, 0.3) is 0 Å². The summed E-state index contributed by atoms with van der Waals surface area (Å²) in [7, 11) is 0. The molecule has 0 bridgehead atoms. The number of aromatic nitrogens is 3. The van der Waals surface area contributed by atoms with Gasteiger partial charge < -0.3 is 14.7 Å². The zero-order chi connectivity index (χ0) is 19.2. The third-order valence-corrected chi connectivity index (χ3v) is 5.27. The fraction of sp³-hybridized carbons (Fsp3) is 0.500. The lowest BCUT2D eigenvalue weighted by molar-refractivity contribution is -0.114. The van der Waals surface area contributed by atoms with Crippen molar-refractivity contribution in [2.24, 2.45) is 5.16 Å². The predicted molar refractivity (Wildman–Crippen MR) is 104 cm³/mol. The van der Waals surface area contributed by atoms with Crippen molar-refractivity contribution in [3.63, 3.8) is 0 Å². The number of aryl methyl sites for hydroxylation is 1. The van der Waals surface area contributed by atoms with Crippen molar-refractivity contribution in [3.8, 4) is 0 Å². The van der Waals surface area contributed by atoms with Crippen LogP contribution >= 0.6 is 0 Å². The van der Waals surface area contributed by atoms with Gasteiger partial charge in [-0.2, -0.15) is 0 Å². The van der Waals surface area contributed by atoms with Gasteiger partial charge in [-0.3, -0.25) is 14.7 Å². The zero-order valence-electron chi connectivity index (χ0n) is 16.0. The molecule has 8 nitrogen and oxygen atoms in total. The molecule has 2 aliphatic heterocycles. The average Bonchev–Trinajstić information content (AvgIpc) is 3.37. The van der Waals surface area contributed by atoms with Crippen LogP contribution in [0.1, 0.15) is 31.4 Å². The smallest absolute Gasteiger partial charge is 0.269 e. The van der Waals surface area contributed by atoms with Crippen LogP contribution in [0.4, 0.5) is 0 Å². The van der Waals surface area contributed by atoms with Gasteiger partial charge in [-0.1, -0.05) is 11.2 Å². The molecule has 0 aliphatic carbocycles. The SMILES string of the molecule is O=C(NCCCn1ccnc1)C1=NO[C@]2(CCCN(Cc3ccccn3)C2)C1. The van der Waals surface area contributed by atoms with Gasteiger partial charge in [0.15, 0.2) is 5.60 Å². The van der Waals surface area contributed by atoms with Crippen LogP contribution in [-0.2, 0) is 22.7 Å². The average molecular weight is 382 g/mol. The van der Waals surface area contributed by atoms with Gasteiger partial charge in [0.1, 0.15) is 5.71 Å². The number of carbonyl (C=O) groups is 1. The van der Waals surface area contributed by atoms with E-state index in [1.54, 1.807) is 12.5 Å². The Labute approximate surface area is 164 Å². The van der Waals surface area contributed by atoms with Crippen molar-refractivity contribution in [2.75, 3.05) is 19.6 Å². The highest BCUT2D eigenvalue weighted by molar-refractivity contribution is 6.39. The van der Waals surface area contributed by atoms with E-state index in [-0.39, 0.29) is 11.5 Å². The standard InChI is InChI=1S/C20H26N6O2/c27-19(23-8-4-11-25-12-9-21-16-25)18-13-20(28-24-18)6-3-10-26(15-20)14-17-5-1-2-7-22-17/h1-2,5,7,9,12,16H,3-4,6,8,10-11,13-15H2,(H,23,27)/t20-/m1/s1. The first-order valence-corrected chi connectivity index (χ1v) is 9.84. The number of rotatable bonds is 7. The topological polar surface area (TPSA) is 84.6 Å². The van der Waals surface area contributed by atoms with Gasteiger partial charge in [0.2, 0.25) is 0 Å². The first-order chi connectivity index (χ1) is 13.7. The summed E-state index contributed by atoms with van der Waals surface area (Å²) in [4.78, 5) is 29.0. The first kappa shape index (κ1) is 18.6. The zero-order valence-corrected chi connectivity index (χ0v) is 16.0. The lowest BCUT2D eigenvalue weighted by Gasteiger charge is -2.38. The van der Waals surface area contributed by atoms with Crippen LogP contribution in [0.5, 0.6) is 0 Å². The van der Waals surface area contributed by atoms with Gasteiger partial charge in [-0.25, -0.2) is 4.98 Å². The van der Waals surface area contributed by atoms with Crippen LogP contribution in [0.3, 0.4) is 0 Å². The minimum absolute atomic E-state index is 0.121. The van der Waals surface area contributed by atoms with E-state index in [1.165, 1.54) is 0 Å². The number of likely N-dealkylation sites (tertiary alicyclic amines) is 1. The van der Waals surface area contributed by atoms with E-state index < -0.39 is 0 Å². The number of nitrogens with zero attached hydrogens (tertiary/aromatic N) is 5. The maximum absolute atomic E-state index is 12.4. The summed E-state index contributed by atoms with van der Waals surface area (Å²) in [5.74, 6) is -0.121. The number of hydrogen-bond acceptors (Lipinski definition) is 6. The Morgan fingerprint density at radius 2 is 2.29 bits per heavy atom. The second kappa shape index (κ2) is 8.52. The molecule has 0 saturated carbocycles. The van der Waals surface area contributed by atoms with Crippen LogP contribution in [0.15, 0.2) is 48.3 Å². The Kier molecular flexibility index (Phi) is 5.66. The maximum atomic E-state index is 12.4. The van der Waals surface area contributed by atoms with E-state index >= 15 is 0 Å². The van der Waals surface area contributed by atoms with Gasteiger partial charge in [0.05, 0.1) is 12.0 Å². The molecule has 1 atom stereocenters. The number of imidazole rings is 1. The molecule has 2 aromatic rings. The molecule has 2 aliphatic rings. The van der Waals surface area contributed by atoms with Gasteiger partial charge in [0.25, 0.3) is 5.91 Å². The Balaban J connectivity index is 1.24. The predicted octanol–water partition coefficient (Wildman–Crippen LogP) is 1.60. The Hall–Kier alpha value is -2.74. The second-order valence-corrected chi connectivity index (χ2v) is 7.53. The number of oxime groups is 1. The number of nitrogens with one attached hydrogen (secondary N) is 1. The van der Waals surface area contributed by atoms with Gasteiger partial charge in [0, 0.05) is 51.2 Å². The maximum Gasteiger partial charge on any atom is 0.269 e. The summed E-state index contributed by atoms with van der Waals surface area (Å²) in [6.45, 7) is 4.01. The molecule has 148 valence electrons. The van der Waals surface area contributed by atoms with E-state index in [4.69, 9.17) is 4.84 Å². The molecule has 0 unspecified atom stereocenters. The van der Waals surface area contributed by atoms with Crippen LogP contribution < -0.4 is 5.32 Å². The molecule has 1 amide bonds. The van der Waals surface area contributed by atoms with Crippen LogP contribution in [0.2, 0.25) is 0 Å². The van der Waals surface area contributed by atoms with Crippen molar-refractivity contribution in [1.82, 2.24) is 24.8 Å². The van der Waals surface area contributed by atoms with Crippen LogP contribution in [-0.4, -0.2) is 56.3 Å². The van der Waals surface area contributed by atoms with E-state index in [0.29, 0.717) is 18.7 Å². The Bertz CT molecular complexity index is 807. The highest BCUT2D eigenvalue weighted by Crippen LogP contribution is 2.33. The molecular formula is C20H26N6O2. The van der Waals surface area contributed by atoms with Crippen molar-refractivity contribution in [1.29, 1.82) is 0 Å². The molecular weight excluding hydrogens is 356 g/mol. The van der Waals surface area contributed by atoms with E-state index in [9.17, 15) is 4.79 Å². The quantitative estimate of drug-likeness (QED) is 0.735. The van der Waals surface area contributed by atoms with Crippen molar-refractivity contribution in [2.45, 2.75) is 44.4 Å². The van der Waals surface area contributed by atoms with Gasteiger partial charge >= 0.3 is 0 Å². The summed E-state index contributed by atoms with van der Waals surface area (Å²) in [5, 5.41) is 7.08. The third-order valence-electron chi connectivity index (χ3n) is 5.27. The van der Waals surface area contributed by atoms with Crippen molar-refractivity contribution >= 4 is 11.6 Å². The molecule has 1 fully saturated rings. The lowest BCUT2D eigenvalue weighted by Crippen LogP contribution is -2.48. The number of hydrogen-bond donors (Lipinski definition) is 1. The summed E-state index contributed by atoms with van der Waals surface area (Å²) in [5.41, 5.74) is 1.17. The van der Waals surface area contributed by atoms with Crippen molar-refractivity contribution < 1.29 is 9.63 Å². The molecule has 1 spiro atoms. The van der Waals surface area contributed by atoms with Crippen molar-refractivity contribution in [3.05, 3.63) is 48.8 Å². The minimum Gasteiger partial charge on any atom is -0.387 e. The van der Waals surface area contributed by atoms with E-state index in [2.05, 4.69) is 25.3 Å². The second-order valence-electron chi connectivity index (χ2n) is 7.53. The highest BCUT2D eigenvalue weighted by Gasteiger charge is 2.44. The first-order valence-electron chi connectivity index (χ1n) is 9.84. The molecule has 0 radical (unpaired) electrons. The number of amides is 1. The lowest BCUT2D eigenvalue weighted by atomic mass is 9.88. The summed E-state index contributed by atoms with van der Waals surface area (Å²) >= 11 is 0. The summed E-state index contributed by atoms with van der Waals surface area (Å²) in [6.07, 6.45) is 10.6. The minimum atomic E-state index is -0.378. The molecule has 2 aromatic heterocycles. The Morgan fingerprint density at radius 3 is 3.11 bits per heavy atom. The molecule has 1 N–H and O–H groups in total. The molecule has 28 heavy (non-hydrogen) atoms.